The molecule has 0 saturated heterocycles. The molecule has 0 amide bonds. The molecule has 0 aliphatic heterocycles. The molecule has 50 valence electrons. The second-order valence-corrected chi connectivity index (χ2v) is 3.27. The lowest BCUT2D eigenvalue weighted by Crippen LogP contribution is -1.97. The number of hydrogen-bond donors (Lipinski definition) is 0. The number of nitrogens with zero attached hydrogens (tertiary/aromatic N) is 3. The molecule has 0 saturated carbocycles. The van der Waals surface area contributed by atoms with E-state index in [-0.39, 0.29) is 0 Å². The van der Waals surface area contributed by atoms with Gasteiger partial charge in [0.1, 0.15) is 0 Å². The van der Waals surface area contributed by atoms with E-state index in [1.165, 1.54) is 0 Å². The average Bonchev–Trinajstić information content (AvgIpc) is 2.13. The van der Waals surface area contributed by atoms with Gasteiger partial charge in [0.25, 0.3) is 0 Å². The van der Waals surface area contributed by atoms with Gasteiger partial charge in [-0.1, -0.05) is 21.1 Å². The van der Waals surface area contributed by atoms with Crippen molar-refractivity contribution in [1.29, 1.82) is 0 Å². The van der Waals surface area contributed by atoms with Crippen LogP contribution in [-0.4, -0.2) is 15.0 Å². The fourth-order valence-electron chi connectivity index (χ4n) is 0.658. The van der Waals surface area contributed by atoms with E-state index in [9.17, 15) is 0 Å². The van der Waals surface area contributed by atoms with Crippen molar-refractivity contribution in [2.24, 2.45) is 7.05 Å². The van der Waals surface area contributed by atoms with Crippen LogP contribution in [0.5, 0.6) is 0 Å². The average molecular weight is 190 g/mol. The van der Waals surface area contributed by atoms with E-state index in [1.807, 2.05) is 14.0 Å². The molecule has 0 N–H and O–H groups in total. The van der Waals surface area contributed by atoms with E-state index in [0.29, 0.717) is 4.83 Å². The molecule has 1 rings (SSSR count). The molecule has 0 fully saturated rings. The largest absolute Gasteiger partial charge is 0.251 e. The summed E-state index contributed by atoms with van der Waals surface area (Å²) < 4.78 is 1.75. The lowest BCUT2D eigenvalue weighted by atomic mass is 10.4. The highest BCUT2D eigenvalue weighted by Gasteiger charge is 2.04. The summed E-state index contributed by atoms with van der Waals surface area (Å²) in [6.45, 7) is 2.04. The van der Waals surface area contributed by atoms with E-state index in [0.717, 1.165) is 5.69 Å². The van der Waals surface area contributed by atoms with Gasteiger partial charge in [0.05, 0.1) is 16.7 Å². The highest BCUT2D eigenvalue weighted by Crippen LogP contribution is 2.18. The number of halogens is 1. The van der Waals surface area contributed by atoms with Crippen LogP contribution in [0.4, 0.5) is 0 Å². The molecule has 4 heteroatoms. The first kappa shape index (κ1) is 6.74. The van der Waals surface area contributed by atoms with Crippen LogP contribution in [0.1, 0.15) is 17.4 Å². The first-order valence-corrected chi connectivity index (χ1v) is 3.62. The molecule has 1 unspecified atom stereocenters. The molecule has 0 spiro atoms. The molecule has 0 bridgehead atoms. The maximum atomic E-state index is 3.77. The smallest absolute Gasteiger partial charge is 0.0736 e. The first-order chi connectivity index (χ1) is 4.22. The molecule has 1 aromatic rings. The molecule has 0 aliphatic carbocycles. The topological polar surface area (TPSA) is 30.7 Å². The summed E-state index contributed by atoms with van der Waals surface area (Å²) in [5, 5.41) is 7.50. The van der Waals surface area contributed by atoms with E-state index < -0.39 is 0 Å². The van der Waals surface area contributed by atoms with Crippen molar-refractivity contribution in [1.82, 2.24) is 15.0 Å². The maximum Gasteiger partial charge on any atom is 0.0736 e. The Kier molecular flexibility index (Phi) is 1.85. The van der Waals surface area contributed by atoms with Gasteiger partial charge in [-0.3, -0.25) is 4.68 Å². The van der Waals surface area contributed by atoms with Gasteiger partial charge < -0.3 is 0 Å². The van der Waals surface area contributed by atoms with Crippen LogP contribution in [-0.2, 0) is 7.05 Å². The Balaban J connectivity index is 2.94. The van der Waals surface area contributed by atoms with Crippen molar-refractivity contribution in [3.8, 4) is 0 Å². The number of aryl methyl sites for hydroxylation is 1. The number of aromatic nitrogens is 3. The Labute approximate surface area is 62.2 Å². The summed E-state index contributed by atoms with van der Waals surface area (Å²) in [5.41, 5.74) is 1.09. The van der Waals surface area contributed by atoms with Crippen molar-refractivity contribution >= 4 is 15.9 Å². The van der Waals surface area contributed by atoms with Gasteiger partial charge in [0.15, 0.2) is 0 Å². The van der Waals surface area contributed by atoms with Crippen molar-refractivity contribution in [2.75, 3.05) is 0 Å². The van der Waals surface area contributed by atoms with Gasteiger partial charge in [-0.25, -0.2) is 0 Å². The molecule has 9 heavy (non-hydrogen) atoms. The number of hydrogen-bond acceptors (Lipinski definition) is 2. The molecule has 0 aromatic carbocycles. The summed E-state index contributed by atoms with van der Waals surface area (Å²) in [7, 11) is 1.88. The second-order valence-electron chi connectivity index (χ2n) is 1.90. The number of rotatable bonds is 1. The predicted octanol–water partition coefficient (Wildman–Crippen LogP) is 1.27. The van der Waals surface area contributed by atoms with Gasteiger partial charge >= 0.3 is 0 Å². The Hall–Kier alpha value is -0.380. The van der Waals surface area contributed by atoms with Crippen LogP contribution in [0.3, 0.4) is 0 Å². The molecular weight excluding hydrogens is 182 g/mol. The van der Waals surface area contributed by atoms with Crippen molar-refractivity contribution in [2.45, 2.75) is 11.8 Å². The van der Waals surface area contributed by atoms with Gasteiger partial charge in [0.2, 0.25) is 0 Å². The summed E-state index contributed by atoms with van der Waals surface area (Å²) in [5.74, 6) is 0. The van der Waals surface area contributed by atoms with Crippen molar-refractivity contribution in [3.05, 3.63) is 11.9 Å². The summed E-state index contributed by atoms with van der Waals surface area (Å²) in [6, 6.07) is 0. The molecule has 0 radical (unpaired) electrons. The molecule has 1 aromatic heterocycles. The van der Waals surface area contributed by atoms with Gasteiger partial charge in [0, 0.05) is 7.05 Å². The standard InChI is InChI=1S/C5H8BrN3/c1-4(6)5-3-7-8-9(5)2/h3-4H,1-2H3. The lowest BCUT2D eigenvalue weighted by Gasteiger charge is -1.99. The molecule has 3 nitrogen and oxygen atoms in total. The predicted molar refractivity (Wildman–Crippen MR) is 38.3 cm³/mol. The zero-order valence-corrected chi connectivity index (χ0v) is 6.96. The minimum absolute atomic E-state index is 0.331. The summed E-state index contributed by atoms with van der Waals surface area (Å²) in [6.07, 6.45) is 1.75. The third kappa shape index (κ3) is 1.30. The summed E-state index contributed by atoms with van der Waals surface area (Å²) >= 11 is 3.41. The first-order valence-electron chi connectivity index (χ1n) is 2.70. The molecule has 1 heterocycles. The van der Waals surface area contributed by atoms with Crippen LogP contribution in [0.25, 0.3) is 0 Å². The van der Waals surface area contributed by atoms with Gasteiger partial charge in [-0.2, -0.15) is 0 Å². The van der Waals surface area contributed by atoms with E-state index in [1.54, 1.807) is 10.9 Å². The highest BCUT2D eigenvalue weighted by atomic mass is 79.9. The Morgan fingerprint density at radius 3 is 2.67 bits per heavy atom. The Bertz CT molecular complexity index is 194. The zero-order valence-electron chi connectivity index (χ0n) is 5.37. The van der Waals surface area contributed by atoms with Gasteiger partial charge in [-0.05, 0) is 6.92 Å². The van der Waals surface area contributed by atoms with Gasteiger partial charge in [-0.15, -0.1) is 5.10 Å². The summed E-state index contributed by atoms with van der Waals surface area (Å²) in [4.78, 5) is 0.331. The van der Waals surface area contributed by atoms with E-state index in [2.05, 4.69) is 26.2 Å². The fourth-order valence-corrected chi connectivity index (χ4v) is 1.07. The quantitative estimate of drug-likeness (QED) is 0.624. The van der Waals surface area contributed by atoms with Crippen LogP contribution in [0, 0.1) is 0 Å². The zero-order chi connectivity index (χ0) is 6.85. The van der Waals surface area contributed by atoms with Crippen LogP contribution in [0.15, 0.2) is 6.20 Å². The van der Waals surface area contributed by atoms with Crippen LogP contribution < -0.4 is 0 Å². The third-order valence-electron chi connectivity index (χ3n) is 1.16. The van der Waals surface area contributed by atoms with Crippen molar-refractivity contribution in [3.63, 3.8) is 0 Å². The van der Waals surface area contributed by atoms with Crippen LogP contribution in [0.2, 0.25) is 0 Å². The Morgan fingerprint density at radius 2 is 2.44 bits per heavy atom. The lowest BCUT2D eigenvalue weighted by molar-refractivity contribution is 0.681. The third-order valence-corrected chi connectivity index (χ3v) is 1.63. The van der Waals surface area contributed by atoms with Crippen LogP contribution >= 0.6 is 15.9 Å². The highest BCUT2D eigenvalue weighted by molar-refractivity contribution is 9.09. The molecule has 0 aliphatic rings. The minimum Gasteiger partial charge on any atom is -0.251 e. The number of alkyl halides is 1. The minimum atomic E-state index is 0.331. The Morgan fingerprint density at radius 1 is 1.78 bits per heavy atom. The maximum absolute atomic E-state index is 3.77. The SMILES string of the molecule is CC(Br)c1cnnn1C. The van der Waals surface area contributed by atoms with E-state index in [4.69, 9.17) is 0 Å². The second kappa shape index (κ2) is 2.47. The molecule has 1 atom stereocenters. The normalized spacial score (nSPS) is 13.7. The molecular formula is C5H8BrN3. The fraction of sp³-hybridized carbons (Fsp3) is 0.600. The monoisotopic (exact) mass is 189 g/mol. The van der Waals surface area contributed by atoms with E-state index >= 15 is 0 Å². The van der Waals surface area contributed by atoms with Crippen molar-refractivity contribution < 1.29 is 0 Å².